The Morgan fingerprint density at radius 1 is 1.00 bits per heavy atom. The first-order chi connectivity index (χ1) is 14.9. The van der Waals surface area contributed by atoms with Gasteiger partial charge in [0.2, 0.25) is 0 Å². The van der Waals surface area contributed by atoms with Crippen molar-refractivity contribution in [2.24, 2.45) is 0 Å². The van der Waals surface area contributed by atoms with Crippen LogP contribution >= 0.6 is 0 Å². The highest BCUT2D eigenvalue weighted by atomic mass is 16.1. The zero-order chi connectivity index (χ0) is 22.1. The molecule has 31 heavy (non-hydrogen) atoms. The second-order valence-electron chi connectivity index (χ2n) is 7.58. The number of pyridine rings is 1. The maximum Gasteiger partial charge on any atom is 0.256 e. The molecule has 4 rings (SSSR count). The summed E-state index contributed by atoms with van der Waals surface area (Å²) < 4.78 is 1.81. The predicted molar refractivity (Wildman–Crippen MR) is 123 cm³/mol. The van der Waals surface area contributed by atoms with Crippen molar-refractivity contribution in [1.29, 1.82) is 0 Å². The van der Waals surface area contributed by atoms with Gasteiger partial charge in [0, 0.05) is 17.7 Å². The maximum atomic E-state index is 13.4. The number of ketones is 1. The molecular weight excluding hydrogens is 388 g/mol. The second-order valence-corrected chi connectivity index (χ2v) is 7.58. The molecular formula is C25H24N4O2. The summed E-state index contributed by atoms with van der Waals surface area (Å²) in [5.74, 6) is -0.403. The Hall–Kier alpha value is -3.80. The Morgan fingerprint density at radius 2 is 1.71 bits per heavy atom. The van der Waals surface area contributed by atoms with E-state index < -0.39 is 0 Å². The standard InChI is InChI=1S/C25H24N4O2/c1-5-29-24-23(16(3)28-29)20(14-22(26-24)18-12-10-15(2)11-13-18)25(31)27-21-9-7-6-8-19(21)17(4)30/h6-14H,5H2,1-4H3,(H,27,31). The van der Waals surface area contributed by atoms with E-state index in [-0.39, 0.29) is 11.7 Å². The van der Waals surface area contributed by atoms with E-state index in [2.05, 4.69) is 10.4 Å². The number of hydrogen-bond acceptors (Lipinski definition) is 4. The van der Waals surface area contributed by atoms with Gasteiger partial charge in [-0.25, -0.2) is 9.67 Å². The number of aryl methyl sites for hydroxylation is 3. The quantitative estimate of drug-likeness (QED) is 0.458. The highest BCUT2D eigenvalue weighted by molar-refractivity contribution is 6.15. The molecule has 0 saturated carbocycles. The summed E-state index contributed by atoms with van der Waals surface area (Å²) in [5, 5.41) is 8.21. The largest absolute Gasteiger partial charge is 0.321 e. The SMILES string of the molecule is CCn1nc(C)c2c(C(=O)Nc3ccccc3C(C)=O)cc(-c3ccc(C)cc3)nc21. The van der Waals surface area contributed by atoms with Gasteiger partial charge in [0.25, 0.3) is 5.91 Å². The van der Waals surface area contributed by atoms with Crippen molar-refractivity contribution >= 4 is 28.4 Å². The van der Waals surface area contributed by atoms with Gasteiger partial charge in [-0.3, -0.25) is 9.59 Å². The number of benzene rings is 2. The molecule has 0 radical (unpaired) electrons. The Balaban J connectivity index is 1.88. The predicted octanol–water partition coefficient (Wildman–Crippen LogP) is 5.19. The number of fused-ring (bicyclic) bond motifs is 1. The van der Waals surface area contributed by atoms with Crippen LogP contribution in [-0.4, -0.2) is 26.5 Å². The fourth-order valence-corrected chi connectivity index (χ4v) is 3.71. The van der Waals surface area contributed by atoms with Crippen LogP contribution in [0.25, 0.3) is 22.3 Å². The van der Waals surface area contributed by atoms with Crippen LogP contribution in [-0.2, 0) is 6.54 Å². The summed E-state index contributed by atoms with van der Waals surface area (Å²) in [5.41, 5.74) is 5.63. The number of para-hydroxylation sites is 1. The third-order valence-electron chi connectivity index (χ3n) is 5.32. The molecule has 1 amide bonds. The molecule has 2 aromatic heterocycles. The van der Waals surface area contributed by atoms with Gasteiger partial charge in [0.15, 0.2) is 11.4 Å². The van der Waals surface area contributed by atoms with Gasteiger partial charge in [-0.15, -0.1) is 0 Å². The lowest BCUT2D eigenvalue weighted by Gasteiger charge is -2.12. The first-order valence-electron chi connectivity index (χ1n) is 10.3. The number of Topliss-reactive ketones (excluding diaryl/α,β-unsaturated/α-hetero) is 1. The molecule has 1 N–H and O–H groups in total. The van der Waals surface area contributed by atoms with E-state index in [4.69, 9.17) is 4.98 Å². The Bertz CT molecular complexity index is 1300. The van der Waals surface area contributed by atoms with Crippen molar-refractivity contribution in [2.45, 2.75) is 34.2 Å². The van der Waals surface area contributed by atoms with Crippen molar-refractivity contribution in [2.75, 3.05) is 5.32 Å². The fourth-order valence-electron chi connectivity index (χ4n) is 3.71. The molecule has 6 nitrogen and oxygen atoms in total. The zero-order valence-corrected chi connectivity index (χ0v) is 18.1. The van der Waals surface area contributed by atoms with E-state index in [0.717, 1.165) is 22.2 Å². The van der Waals surface area contributed by atoms with Gasteiger partial charge in [0.1, 0.15) is 0 Å². The van der Waals surface area contributed by atoms with Crippen LogP contribution in [0, 0.1) is 13.8 Å². The van der Waals surface area contributed by atoms with Gasteiger partial charge in [-0.2, -0.15) is 5.10 Å². The summed E-state index contributed by atoms with van der Waals surface area (Å²) in [6, 6.07) is 16.8. The number of carbonyl (C=O) groups excluding carboxylic acids is 2. The summed E-state index contributed by atoms with van der Waals surface area (Å²) in [6.07, 6.45) is 0. The molecule has 0 saturated heterocycles. The third kappa shape index (κ3) is 3.84. The molecule has 0 aliphatic rings. The molecule has 156 valence electrons. The molecule has 0 atom stereocenters. The molecule has 0 bridgehead atoms. The monoisotopic (exact) mass is 412 g/mol. The lowest BCUT2D eigenvalue weighted by atomic mass is 10.0. The van der Waals surface area contributed by atoms with E-state index >= 15 is 0 Å². The number of rotatable bonds is 5. The number of nitrogens with one attached hydrogen (secondary N) is 1. The number of nitrogens with zero attached hydrogens (tertiary/aromatic N) is 3. The van der Waals surface area contributed by atoms with Gasteiger partial charge >= 0.3 is 0 Å². The van der Waals surface area contributed by atoms with E-state index in [0.29, 0.717) is 34.7 Å². The van der Waals surface area contributed by atoms with Crippen molar-refractivity contribution < 1.29 is 9.59 Å². The first kappa shape index (κ1) is 20.5. The number of anilines is 1. The Kier molecular flexibility index (Phi) is 5.38. The van der Waals surface area contributed by atoms with Crippen molar-refractivity contribution in [3.05, 3.63) is 77.0 Å². The molecule has 4 aromatic rings. The van der Waals surface area contributed by atoms with Crippen LogP contribution in [0.4, 0.5) is 5.69 Å². The maximum absolute atomic E-state index is 13.4. The highest BCUT2D eigenvalue weighted by Gasteiger charge is 2.21. The average molecular weight is 412 g/mol. The lowest BCUT2D eigenvalue weighted by Crippen LogP contribution is -2.15. The number of hydrogen-bond donors (Lipinski definition) is 1. The van der Waals surface area contributed by atoms with Crippen molar-refractivity contribution in [3.63, 3.8) is 0 Å². The van der Waals surface area contributed by atoms with Gasteiger partial charge in [-0.1, -0.05) is 42.0 Å². The summed E-state index contributed by atoms with van der Waals surface area (Å²) >= 11 is 0. The minimum absolute atomic E-state index is 0.105. The summed E-state index contributed by atoms with van der Waals surface area (Å²) in [4.78, 5) is 30.2. The number of aromatic nitrogens is 3. The van der Waals surface area contributed by atoms with E-state index in [1.54, 1.807) is 30.3 Å². The van der Waals surface area contributed by atoms with E-state index in [1.165, 1.54) is 6.92 Å². The fraction of sp³-hybridized carbons (Fsp3) is 0.200. The number of carbonyl (C=O) groups is 2. The van der Waals surface area contributed by atoms with Gasteiger partial charge in [0.05, 0.1) is 28.0 Å². The molecule has 6 heteroatoms. The van der Waals surface area contributed by atoms with E-state index in [9.17, 15) is 9.59 Å². The van der Waals surface area contributed by atoms with Crippen LogP contribution in [0.2, 0.25) is 0 Å². The molecule has 0 spiro atoms. The van der Waals surface area contributed by atoms with Crippen molar-refractivity contribution in [3.8, 4) is 11.3 Å². The molecule has 0 aliphatic heterocycles. The lowest BCUT2D eigenvalue weighted by molar-refractivity contribution is 0.101. The summed E-state index contributed by atoms with van der Waals surface area (Å²) in [7, 11) is 0. The van der Waals surface area contributed by atoms with Crippen LogP contribution in [0.3, 0.4) is 0 Å². The third-order valence-corrected chi connectivity index (χ3v) is 5.32. The summed E-state index contributed by atoms with van der Waals surface area (Å²) in [6.45, 7) is 8.03. The minimum atomic E-state index is -0.298. The second kappa shape index (κ2) is 8.14. The van der Waals surface area contributed by atoms with Crippen LogP contribution in [0.15, 0.2) is 54.6 Å². The van der Waals surface area contributed by atoms with Crippen LogP contribution < -0.4 is 5.32 Å². The topological polar surface area (TPSA) is 76.9 Å². The smallest absolute Gasteiger partial charge is 0.256 e. The molecule has 2 heterocycles. The molecule has 0 fully saturated rings. The van der Waals surface area contributed by atoms with E-state index in [1.807, 2.05) is 49.7 Å². The Morgan fingerprint density at radius 3 is 2.39 bits per heavy atom. The average Bonchev–Trinajstić information content (AvgIpc) is 3.09. The number of amides is 1. The van der Waals surface area contributed by atoms with Gasteiger partial charge in [-0.05, 0) is 45.9 Å². The van der Waals surface area contributed by atoms with Crippen molar-refractivity contribution in [1.82, 2.24) is 14.8 Å². The normalized spacial score (nSPS) is 11.0. The van der Waals surface area contributed by atoms with Crippen LogP contribution in [0.5, 0.6) is 0 Å². The highest BCUT2D eigenvalue weighted by Crippen LogP contribution is 2.28. The molecule has 2 aromatic carbocycles. The van der Waals surface area contributed by atoms with Gasteiger partial charge < -0.3 is 5.32 Å². The van der Waals surface area contributed by atoms with Crippen LogP contribution in [0.1, 0.15) is 45.8 Å². The first-order valence-corrected chi connectivity index (χ1v) is 10.3. The molecule has 0 aliphatic carbocycles. The Labute approximate surface area is 180 Å². The molecule has 0 unspecified atom stereocenters. The zero-order valence-electron chi connectivity index (χ0n) is 18.1. The minimum Gasteiger partial charge on any atom is -0.321 e.